The molecule has 5 heteroatoms. The van der Waals surface area contributed by atoms with Crippen LogP contribution in [-0.2, 0) is 6.18 Å². The van der Waals surface area contributed by atoms with Crippen LogP contribution in [-0.4, -0.2) is 4.98 Å². The summed E-state index contributed by atoms with van der Waals surface area (Å²) >= 11 is 0. The Hall–Kier alpha value is -2.04. The molecule has 0 aliphatic heterocycles. The zero-order valence-electron chi connectivity index (χ0n) is 8.70. The van der Waals surface area contributed by atoms with Crippen molar-refractivity contribution in [3.63, 3.8) is 0 Å². The summed E-state index contributed by atoms with van der Waals surface area (Å²) < 4.78 is 37.5. The quantitative estimate of drug-likeness (QED) is 0.774. The number of aromatic nitrogens is 1. The minimum Gasteiger partial charge on any atom is -0.398 e. The fourth-order valence-electron chi connectivity index (χ4n) is 1.54. The largest absolute Gasteiger partial charge is 0.418 e. The summed E-state index contributed by atoms with van der Waals surface area (Å²) in [6.45, 7) is 0. The summed E-state index contributed by atoms with van der Waals surface area (Å²) in [5.74, 6) is 0. The van der Waals surface area contributed by atoms with Gasteiger partial charge >= 0.3 is 6.18 Å². The highest BCUT2D eigenvalue weighted by molar-refractivity contribution is 5.68. The van der Waals surface area contributed by atoms with Crippen LogP contribution in [0, 0.1) is 0 Å². The van der Waals surface area contributed by atoms with Gasteiger partial charge in [0.25, 0.3) is 0 Å². The van der Waals surface area contributed by atoms with E-state index in [2.05, 4.69) is 4.98 Å². The minimum atomic E-state index is -4.42. The van der Waals surface area contributed by atoms with E-state index in [-0.39, 0.29) is 5.69 Å². The molecule has 0 unspecified atom stereocenters. The first-order valence-electron chi connectivity index (χ1n) is 4.85. The van der Waals surface area contributed by atoms with E-state index in [0.717, 1.165) is 11.6 Å². The molecule has 2 rings (SSSR count). The number of nitrogens with zero attached hydrogens (tertiary/aromatic N) is 1. The number of anilines is 1. The van der Waals surface area contributed by atoms with Crippen LogP contribution in [0.2, 0.25) is 0 Å². The minimum absolute atomic E-state index is 0.271. The lowest BCUT2D eigenvalue weighted by Gasteiger charge is -2.11. The van der Waals surface area contributed by atoms with E-state index in [1.807, 2.05) is 0 Å². The molecule has 0 radical (unpaired) electrons. The fraction of sp³-hybridized carbons (Fsp3) is 0.0833. The maximum atomic E-state index is 12.5. The smallest absolute Gasteiger partial charge is 0.398 e. The number of alkyl halides is 3. The van der Waals surface area contributed by atoms with Crippen molar-refractivity contribution >= 4 is 5.69 Å². The Morgan fingerprint density at radius 3 is 2.12 bits per heavy atom. The molecule has 2 nitrogen and oxygen atoms in total. The average molecular weight is 238 g/mol. The van der Waals surface area contributed by atoms with Crippen LogP contribution < -0.4 is 5.73 Å². The first kappa shape index (κ1) is 11.4. The molecular formula is C12H9F3N2. The molecule has 0 aliphatic carbocycles. The van der Waals surface area contributed by atoms with Crippen molar-refractivity contribution in [2.45, 2.75) is 6.18 Å². The molecule has 1 aromatic heterocycles. The summed E-state index contributed by atoms with van der Waals surface area (Å²) in [4.78, 5) is 3.84. The van der Waals surface area contributed by atoms with Crippen LogP contribution in [0.5, 0.6) is 0 Å². The van der Waals surface area contributed by atoms with E-state index in [0.29, 0.717) is 5.56 Å². The molecular weight excluding hydrogens is 229 g/mol. The summed E-state index contributed by atoms with van der Waals surface area (Å²) in [5, 5.41) is 0. The van der Waals surface area contributed by atoms with Crippen LogP contribution >= 0.6 is 0 Å². The normalized spacial score (nSPS) is 11.5. The van der Waals surface area contributed by atoms with Gasteiger partial charge in [-0.1, -0.05) is 6.07 Å². The molecule has 0 bridgehead atoms. The first-order valence-corrected chi connectivity index (χ1v) is 4.85. The third-order valence-corrected chi connectivity index (χ3v) is 2.37. The standard InChI is InChI=1S/C12H9F3N2/c13-12(14,15)10-2-1-9(7-11(10)16)8-3-5-17-6-4-8/h1-7H,16H2. The predicted octanol–water partition coefficient (Wildman–Crippen LogP) is 3.35. The molecule has 1 heterocycles. The average Bonchev–Trinajstić information content (AvgIpc) is 2.28. The van der Waals surface area contributed by atoms with Gasteiger partial charge in [0.15, 0.2) is 0 Å². The van der Waals surface area contributed by atoms with Crippen molar-refractivity contribution in [2.75, 3.05) is 5.73 Å². The van der Waals surface area contributed by atoms with E-state index >= 15 is 0 Å². The number of nitrogens with two attached hydrogens (primary N) is 1. The van der Waals surface area contributed by atoms with E-state index in [1.165, 1.54) is 12.1 Å². The molecule has 0 aliphatic rings. The molecule has 1 aromatic carbocycles. The molecule has 0 saturated carbocycles. The van der Waals surface area contributed by atoms with Crippen LogP contribution in [0.1, 0.15) is 5.56 Å². The van der Waals surface area contributed by atoms with Crippen molar-refractivity contribution in [1.29, 1.82) is 0 Å². The highest BCUT2D eigenvalue weighted by Crippen LogP contribution is 2.35. The van der Waals surface area contributed by atoms with Crippen LogP contribution in [0.3, 0.4) is 0 Å². The molecule has 2 aromatic rings. The Balaban J connectivity index is 2.45. The zero-order valence-corrected chi connectivity index (χ0v) is 8.70. The second-order valence-electron chi connectivity index (χ2n) is 3.54. The van der Waals surface area contributed by atoms with Gasteiger partial charge in [-0.3, -0.25) is 4.98 Å². The highest BCUT2D eigenvalue weighted by Gasteiger charge is 2.32. The molecule has 0 spiro atoms. The number of rotatable bonds is 1. The summed E-state index contributed by atoms with van der Waals surface area (Å²) in [7, 11) is 0. The Morgan fingerprint density at radius 2 is 1.59 bits per heavy atom. The van der Waals surface area contributed by atoms with Gasteiger partial charge < -0.3 is 5.73 Å². The number of benzene rings is 1. The Labute approximate surface area is 95.9 Å². The van der Waals surface area contributed by atoms with Gasteiger partial charge in [-0.25, -0.2) is 0 Å². The van der Waals surface area contributed by atoms with Crippen molar-refractivity contribution in [3.8, 4) is 11.1 Å². The van der Waals surface area contributed by atoms with Crippen LogP contribution in [0.15, 0.2) is 42.7 Å². The lowest BCUT2D eigenvalue weighted by Crippen LogP contribution is -2.08. The fourth-order valence-corrected chi connectivity index (χ4v) is 1.54. The van der Waals surface area contributed by atoms with Crippen molar-refractivity contribution in [2.24, 2.45) is 0 Å². The highest BCUT2D eigenvalue weighted by atomic mass is 19.4. The van der Waals surface area contributed by atoms with Gasteiger partial charge in [0.2, 0.25) is 0 Å². The van der Waals surface area contributed by atoms with Gasteiger partial charge in [-0.05, 0) is 35.4 Å². The number of pyridine rings is 1. The monoisotopic (exact) mass is 238 g/mol. The third-order valence-electron chi connectivity index (χ3n) is 2.37. The summed E-state index contributed by atoms with van der Waals surface area (Å²) in [6.07, 6.45) is -1.27. The van der Waals surface area contributed by atoms with E-state index in [4.69, 9.17) is 5.73 Å². The number of hydrogen-bond donors (Lipinski definition) is 1. The molecule has 0 saturated heterocycles. The maximum Gasteiger partial charge on any atom is 0.418 e. The number of halogens is 3. The second kappa shape index (κ2) is 4.08. The van der Waals surface area contributed by atoms with Crippen molar-refractivity contribution in [3.05, 3.63) is 48.3 Å². The summed E-state index contributed by atoms with van der Waals surface area (Å²) in [6, 6.07) is 7.13. The van der Waals surface area contributed by atoms with E-state index < -0.39 is 11.7 Å². The van der Waals surface area contributed by atoms with Gasteiger partial charge in [0.05, 0.1) is 5.56 Å². The molecule has 88 valence electrons. The summed E-state index contributed by atoms with van der Waals surface area (Å²) in [5.41, 5.74) is 5.74. The van der Waals surface area contributed by atoms with Gasteiger partial charge in [0.1, 0.15) is 0 Å². The Morgan fingerprint density at radius 1 is 0.941 bits per heavy atom. The lowest BCUT2D eigenvalue weighted by molar-refractivity contribution is -0.136. The predicted molar refractivity (Wildman–Crippen MR) is 59.1 cm³/mol. The lowest BCUT2D eigenvalue weighted by atomic mass is 10.0. The van der Waals surface area contributed by atoms with Gasteiger partial charge in [0, 0.05) is 18.1 Å². The van der Waals surface area contributed by atoms with Crippen molar-refractivity contribution in [1.82, 2.24) is 4.98 Å². The van der Waals surface area contributed by atoms with Crippen LogP contribution in [0.25, 0.3) is 11.1 Å². The molecule has 0 fully saturated rings. The zero-order chi connectivity index (χ0) is 12.5. The molecule has 17 heavy (non-hydrogen) atoms. The molecule has 0 atom stereocenters. The SMILES string of the molecule is Nc1cc(-c2ccncc2)ccc1C(F)(F)F. The van der Waals surface area contributed by atoms with Gasteiger partial charge in [-0.15, -0.1) is 0 Å². The maximum absolute atomic E-state index is 12.5. The van der Waals surface area contributed by atoms with Crippen molar-refractivity contribution < 1.29 is 13.2 Å². The third kappa shape index (κ3) is 2.38. The second-order valence-corrected chi connectivity index (χ2v) is 3.54. The topological polar surface area (TPSA) is 38.9 Å². The van der Waals surface area contributed by atoms with Crippen LogP contribution in [0.4, 0.5) is 18.9 Å². The molecule has 2 N–H and O–H groups in total. The number of hydrogen-bond acceptors (Lipinski definition) is 2. The van der Waals surface area contributed by atoms with Gasteiger partial charge in [-0.2, -0.15) is 13.2 Å². The van der Waals surface area contributed by atoms with E-state index in [9.17, 15) is 13.2 Å². The number of nitrogen functional groups attached to an aromatic ring is 1. The first-order chi connectivity index (χ1) is 7.98. The molecule has 0 amide bonds. The van der Waals surface area contributed by atoms with E-state index in [1.54, 1.807) is 24.5 Å². The Kier molecular flexibility index (Phi) is 2.75. The Bertz CT molecular complexity index is 521.